The first kappa shape index (κ1) is 14.8. The fourth-order valence-electron chi connectivity index (χ4n) is 2.55. The fraction of sp³-hybridized carbons (Fsp3) is 0.333. The highest BCUT2D eigenvalue weighted by molar-refractivity contribution is 9.10. The molecule has 0 aliphatic rings. The Morgan fingerprint density at radius 3 is 2.45 bits per heavy atom. The van der Waals surface area contributed by atoms with Crippen molar-refractivity contribution in [2.24, 2.45) is 0 Å². The van der Waals surface area contributed by atoms with Crippen LogP contribution in [-0.2, 0) is 11.2 Å². The van der Waals surface area contributed by atoms with Gasteiger partial charge in [-0.05, 0) is 47.8 Å². The van der Waals surface area contributed by atoms with Crippen LogP contribution in [0.4, 0.5) is 0 Å². The van der Waals surface area contributed by atoms with Gasteiger partial charge in [0.05, 0.1) is 12.1 Å². The minimum atomic E-state index is -0.806. The van der Waals surface area contributed by atoms with E-state index in [-0.39, 0.29) is 6.42 Å². The number of nitrogens with zero attached hydrogens (tertiary/aromatic N) is 1. The summed E-state index contributed by atoms with van der Waals surface area (Å²) in [7, 11) is 0. The number of H-pyrrole nitrogens is 1. The van der Waals surface area contributed by atoms with Gasteiger partial charge in [0.15, 0.2) is 4.73 Å². The van der Waals surface area contributed by atoms with Crippen molar-refractivity contribution in [3.63, 3.8) is 0 Å². The average molecular weight is 337 g/mol. The van der Waals surface area contributed by atoms with Gasteiger partial charge in [0.2, 0.25) is 0 Å². The number of aromatic nitrogens is 2. The third kappa shape index (κ3) is 3.10. The minimum absolute atomic E-state index is 0.0889. The molecular formula is C15H17BrN2O2. The van der Waals surface area contributed by atoms with Gasteiger partial charge >= 0.3 is 5.97 Å². The molecule has 106 valence electrons. The third-order valence-corrected chi connectivity index (χ3v) is 3.63. The number of imidazole rings is 1. The molecule has 2 rings (SSSR count). The number of benzene rings is 1. The second-order valence-corrected chi connectivity index (χ2v) is 5.77. The number of halogens is 1. The number of rotatable bonds is 4. The van der Waals surface area contributed by atoms with Gasteiger partial charge in [-0.15, -0.1) is 0 Å². The van der Waals surface area contributed by atoms with Gasteiger partial charge < -0.3 is 10.1 Å². The molecule has 0 radical (unpaired) electrons. The molecule has 20 heavy (non-hydrogen) atoms. The van der Waals surface area contributed by atoms with Gasteiger partial charge in [-0.1, -0.05) is 17.7 Å². The van der Waals surface area contributed by atoms with E-state index in [9.17, 15) is 4.79 Å². The van der Waals surface area contributed by atoms with Crippen LogP contribution in [0.2, 0.25) is 0 Å². The molecule has 0 aliphatic carbocycles. The molecule has 4 nitrogen and oxygen atoms in total. The van der Waals surface area contributed by atoms with E-state index in [0.717, 1.165) is 28.1 Å². The smallest absolute Gasteiger partial charge is 0.303 e. The molecule has 0 spiro atoms. The predicted octanol–water partition coefficient (Wildman–Crippen LogP) is 3.78. The summed E-state index contributed by atoms with van der Waals surface area (Å²) in [6.45, 7) is 6.17. The lowest BCUT2D eigenvalue weighted by atomic mass is 9.95. The highest BCUT2D eigenvalue weighted by Gasteiger charge is 2.16. The Hall–Kier alpha value is -1.62. The lowest BCUT2D eigenvalue weighted by Gasteiger charge is -2.11. The average Bonchev–Trinajstić information content (AvgIpc) is 2.66. The maximum absolute atomic E-state index is 10.8. The Morgan fingerprint density at radius 1 is 1.30 bits per heavy atom. The molecule has 0 amide bonds. The van der Waals surface area contributed by atoms with Crippen molar-refractivity contribution in [1.82, 2.24) is 9.97 Å². The van der Waals surface area contributed by atoms with Gasteiger partial charge in [0.25, 0.3) is 0 Å². The topological polar surface area (TPSA) is 66.0 Å². The number of hydrogen-bond acceptors (Lipinski definition) is 2. The number of aromatic amines is 1. The van der Waals surface area contributed by atoms with E-state index in [4.69, 9.17) is 5.11 Å². The molecule has 0 unspecified atom stereocenters. The summed E-state index contributed by atoms with van der Waals surface area (Å²) in [6, 6.07) is 4.23. The SMILES string of the molecule is Cc1cc(C)c(-c2nc(Br)[nH]c2CCC(=O)O)c(C)c1. The number of aliphatic carboxylic acids is 1. The summed E-state index contributed by atoms with van der Waals surface area (Å²) in [5, 5.41) is 8.84. The van der Waals surface area contributed by atoms with Crippen LogP contribution in [0.3, 0.4) is 0 Å². The molecule has 0 atom stereocenters. The number of aryl methyl sites for hydroxylation is 4. The van der Waals surface area contributed by atoms with Crippen LogP contribution in [0.15, 0.2) is 16.9 Å². The van der Waals surface area contributed by atoms with E-state index in [1.165, 1.54) is 5.56 Å². The highest BCUT2D eigenvalue weighted by Crippen LogP contribution is 2.31. The number of carbonyl (C=O) groups is 1. The van der Waals surface area contributed by atoms with E-state index in [2.05, 4.69) is 58.8 Å². The molecule has 1 aromatic carbocycles. The largest absolute Gasteiger partial charge is 0.481 e. The summed E-state index contributed by atoms with van der Waals surface area (Å²) in [6.07, 6.45) is 0.529. The Labute approximate surface area is 126 Å². The second kappa shape index (κ2) is 5.79. The molecule has 2 aromatic rings. The van der Waals surface area contributed by atoms with E-state index in [0.29, 0.717) is 11.2 Å². The molecule has 0 saturated heterocycles. The maximum Gasteiger partial charge on any atom is 0.303 e. The van der Waals surface area contributed by atoms with Gasteiger partial charge in [-0.2, -0.15) is 0 Å². The number of carboxylic acid groups (broad SMARTS) is 1. The third-order valence-electron chi connectivity index (χ3n) is 3.25. The van der Waals surface area contributed by atoms with Crippen LogP contribution in [-0.4, -0.2) is 21.0 Å². The monoisotopic (exact) mass is 336 g/mol. The molecule has 0 fully saturated rings. The van der Waals surface area contributed by atoms with Crippen LogP contribution >= 0.6 is 15.9 Å². The first-order valence-electron chi connectivity index (χ1n) is 6.43. The zero-order valence-corrected chi connectivity index (χ0v) is 13.3. The van der Waals surface area contributed by atoms with Gasteiger partial charge in [0, 0.05) is 17.7 Å². The number of hydrogen-bond donors (Lipinski definition) is 2. The van der Waals surface area contributed by atoms with Crippen molar-refractivity contribution in [3.8, 4) is 11.3 Å². The molecule has 0 bridgehead atoms. The van der Waals surface area contributed by atoms with Crippen molar-refractivity contribution in [1.29, 1.82) is 0 Å². The zero-order chi connectivity index (χ0) is 14.9. The normalized spacial score (nSPS) is 10.8. The van der Waals surface area contributed by atoms with E-state index in [1.807, 2.05) is 0 Å². The van der Waals surface area contributed by atoms with E-state index in [1.54, 1.807) is 0 Å². The molecule has 5 heteroatoms. The zero-order valence-electron chi connectivity index (χ0n) is 11.7. The van der Waals surface area contributed by atoms with Gasteiger partial charge in [-0.25, -0.2) is 4.98 Å². The van der Waals surface area contributed by atoms with Crippen molar-refractivity contribution in [2.75, 3.05) is 0 Å². The second-order valence-electron chi connectivity index (χ2n) is 5.02. The molecule has 1 heterocycles. The first-order valence-corrected chi connectivity index (χ1v) is 7.22. The van der Waals surface area contributed by atoms with Crippen LogP contribution in [0.25, 0.3) is 11.3 Å². The van der Waals surface area contributed by atoms with Crippen molar-refractivity contribution < 1.29 is 9.90 Å². The molecule has 0 saturated carbocycles. The van der Waals surface area contributed by atoms with Crippen LogP contribution in [0.5, 0.6) is 0 Å². The Morgan fingerprint density at radius 2 is 1.90 bits per heavy atom. The molecule has 1 aromatic heterocycles. The fourth-order valence-corrected chi connectivity index (χ4v) is 2.97. The summed E-state index contributed by atoms with van der Waals surface area (Å²) >= 11 is 3.34. The maximum atomic E-state index is 10.8. The van der Waals surface area contributed by atoms with E-state index < -0.39 is 5.97 Å². The van der Waals surface area contributed by atoms with Crippen molar-refractivity contribution >= 4 is 21.9 Å². The van der Waals surface area contributed by atoms with Gasteiger partial charge in [-0.3, -0.25) is 4.79 Å². The Bertz CT molecular complexity index is 639. The molecular weight excluding hydrogens is 320 g/mol. The predicted molar refractivity (Wildman–Crippen MR) is 81.9 cm³/mol. The summed E-state index contributed by atoms with van der Waals surface area (Å²) in [5.41, 5.74) is 6.29. The Kier molecular flexibility index (Phi) is 4.28. The van der Waals surface area contributed by atoms with Gasteiger partial charge in [0.1, 0.15) is 0 Å². The minimum Gasteiger partial charge on any atom is -0.481 e. The van der Waals surface area contributed by atoms with Crippen LogP contribution in [0, 0.1) is 20.8 Å². The quantitative estimate of drug-likeness (QED) is 0.892. The standard InChI is InChI=1S/C15H17BrN2O2/c1-8-6-9(2)13(10(3)7-8)14-11(4-5-12(19)20)17-15(16)18-14/h6-7H,4-5H2,1-3H3,(H,17,18)(H,19,20). The summed E-state index contributed by atoms with van der Waals surface area (Å²) < 4.78 is 0.632. The number of carboxylic acids is 1. The van der Waals surface area contributed by atoms with Crippen molar-refractivity contribution in [2.45, 2.75) is 33.6 Å². The highest BCUT2D eigenvalue weighted by atomic mass is 79.9. The van der Waals surface area contributed by atoms with Crippen molar-refractivity contribution in [3.05, 3.63) is 39.3 Å². The van der Waals surface area contributed by atoms with Crippen LogP contribution < -0.4 is 0 Å². The summed E-state index contributed by atoms with van der Waals surface area (Å²) in [5.74, 6) is -0.806. The first-order chi connectivity index (χ1) is 9.38. The molecule has 2 N–H and O–H groups in total. The number of nitrogens with one attached hydrogen (secondary N) is 1. The lowest BCUT2D eigenvalue weighted by molar-refractivity contribution is -0.136. The summed E-state index contributed by atoms with van der Waals surface area (Å²) in [4.78, 5) is 18.3. The molecule has 0 aliphatic heterocycles. The van der Waals surface area contributed by atoms with E-state index >= 15 is 0 Å². The Balaban J connectivity index is 2.50. The van der Waals surface area contributed by atoms with Crippen LogP contribution in [0.1, 0.15) is 28.8 Å². The lowest BCUT2D eigenvalue weighted by Crippen LogP contribution is -2.00.